The van der Waals surface area contributed by atoms with E-state index in [9.17, 15) is 0 Å². The van der Waals surface area contributed by atoms with Crippen molar-refractivity contribution in [2.45, 2.75) is 0 Å². The number of aromatic nitrogens is 1. The lowest BCUT2D eigenvalue weighted by Crippen LogP contribution is -1.94. The number of benzene rings is 2. The fourth-order valence-corrected chi connectivity index (χ4v) is 2.42. The predicted octanol–water partition coefficient (Wildman–Crippen LogP) is 4.61. The molecule has 0 saturated carbocycles. The van der Waals surface area contributed by atoms with Crippen LogP contribution in [0, 0.1) is 11.3 Å². The van der Waals surface area contributed by atoms with Gasteiger partial charge in [0.05, 0.1) is 17.4 Å². The summed E-state index contributed by atoms with van der Waals surface area (Å²) in [5.41, 5.74) is 2.23. The van der Waals surface area contributed by atoms with E-state index in [1.54, 1.807) is 18.5 Å². The second-order valence-corrected chi connectivity index (χ2v) is 5.28. The second-order valence-electron chi connectivity index (χ2n) is 4.36. The van der Waals surface area contributed by atoms with E-state index >= 15 is 0 Å². The van der Waals surface area contributed by atoms with Gasteiger partial charge in [-0.3, -0.25) is 4.98 Å². The van der Waals surface area contributed by atoms with Gasteiger partial charge in [-0.1, -0.05) is 28.1 Å². The first kappa shape index (κ1) is 12.6. The summed E-state index contributed by atoms with van der Waals surface area (Å²) in [4.78, 5) is 4.04. The molecule has 0 spiro atoms. The zero-order valence-corrected chi connectivity index (χ0v) is 12.1. The van der Waals surface area contributed by atoms with Gasteiger partial charge in [-0.15, -0.1) is 0 Å². The third-order valence-corrected chi connectivity index (χ3v) is 3.52. The molecular weight excluding hydrogens is 314 g/mol. The smallest absolute Gasteiger partial charge is 0.101 e. The van der Waals surface area contributed by atoms with Crippen LogP contribution >= 0.6 is 15.9 Å². The highest BCUT2D eigenvalue weighted by atomic mass is 79.9. The minimum atomic E-state index is 0.580. The van der Waals surface area contributed by atoms with Gasteiger partial charge in [-0.2, -0.15) is 5.26 Å². The van der Waals surface area contributed by atoms with E-state index in [1.807, 2.05) is 18.2 Å². The summed E-state index contributed by atoms with van der Waals surface area (Å²) in [6, 6.07) is 16.1. The maximum atomic E-state index is 9.08. The van der Waals surface area contributed by atoms with Crippen molar-refractivity contribution < 1.29 is 0 Å². The van der Waals surface area contributed by atoms with Crippen LogP contribution in [0.15, 0.2) is 59.3 Å². The summed E-state index contributed by atoms with van der Waals surface area (Å²) < 4.78 is 1.06. The molecule has 20 heavy (non-hydrogen) atoms. The first-order chi connectivity index (χ1) is 9.76. The molecule has 1 heterocycles. The third kappa shape index (κ3) is 2.49. The molecule has 1 N–H and O–H groups in total. The first-order valence-electron chi connectivity index (χ1n) is 6.07. The van der Waals surface area contributed by atoms with Gasteiger partial charge in [0.1, 0.15) is 6.07 Å². The molecule has 3 rings (SSSR count). The topological polar surface area (TPSA) is 48.7 Å². The number of rotatable bonds is 2. The molecule has 0 aliphatic heterocycles. The maximum Gasteiger partial charge on any atom is 0.101 e. The Balaban J connectivity index is 1.99. The fourth-order valence-electron chi connectivity index (χ4n) is 2.04. The van der Waals surface area contributed by atoms with E-state index < -0.39 is 0 Å². The Labute approximate surface area is 125 Å². The van der Waals surface area contributed by atoms with Crippen LogP contribution in [0.2, 0.25) is 0 Å². The molecule has 0 amide bonds. The van der Waals surface area contributed by atoms with Crippen LogP contribution in [0.25, 0.3) is 10.8 Å². The van der Waals surface area contributed by atoms with Crippen molar-refractivity contribution in [3.05, 3.63) is 64.9 Å². The average Bonchev–Trinajstić information content (AvgIpc) is 2.48. The van der Waals surface area contributed by atoms with Gasteiger partial charge in [0.15, 0.2) is 0 Å². The highest BCUT2D eigenvalue weighted by Gasteiger charge is 2.03. The highest BCUT2D eigenvalue weighted by molar-refractivity contribution is 9.10. The van der Waals surface area contributed by atoms with Crippen LogP contribution in [0.1, 0.15) is 5.56 Å². The fraction of sp³-hybridized carbons (Fsp3) is 0. The number of anilines is 2. The molecule has 0 saturated heterocycles. The van der Waals surface area contributed by atoms with Crippen LogP contribution in [-0.4, -0.2) is 4.98 Å². The van der Waals surface area contributed by atoms with E-state index in [0.717, 1.165) is 20.9 Å². The average molecular weight is 324 g/mol. The van der Waals surface area contributed by atoms with Crippen LogP contribution in [0.5, 0.6) is 0 Å². The summed E-state index contributed by atoms with van der Waals surface area (Å²) >= 11 is 3.46. The van der Waals surface area contributed by atoms with Crippen molar-refractivity contribution in [3.63, 3.8) is 0 Å². The number of nitrogens with zero attached hydrogens (tertiary/aromatic N) is 2. The number of hydrogen-bond donors (Lipinski definition) is 1. The quantitative estimate of drug-likeness (QED) is 0.749. The van der Waals surface area contributed by atoms with Crippen LogP contribution in [0.4, 0.5) is 11.4 Å². The van der Waals surface area contributed by atoms with Gasteiger partial charge < -0.3 is 5.32 Å². The molecule has 0 radical (unpaired) electrons. The van der Waals surface area contributed by atoms with Gasteiger partial charge in [-0.25, -0.2) is 0 Å². The number of fused-ring (bicyclic) bond motifs is 1. The monoisotopic (exact) mass is 323 g/mol. The molecule has 0 aliphatic rings. The molecule has 3 aromatic rings. The maximum absolute atomic E-state index is 9.08. The Morgan fingerprint density at radius 2 is 1.85 bits per heavy atom. The molecule has 0 unspecified atom stereocenters. The standard InChI is InChI=1S/C16H10BrN3/c17-14-3-1-12-8-15(4-2-11(12)7-14)20-16-10-19-6-5-13(16)9-18/h1-8,10,20H. The van der Waals surface area contributed by atoms with Crippen molar-refractivity contribution in [2.24, 2.45) is 0 Å². The largest absolute Gasteiger partial charge is 0.353 e. The molecule has 0 fully saturated rings. The number of nitrogens with one attached hydrogen (secondary N) is 1. The van der Waals surface area contributed by atoms with Crippen molar-refractivity contribution in [1.29, 1.82) is 5.26 Å². The predicted molar refractivity (Wildman–Crippen MR) is 83.9 cm³/mol. The van der Waals surface area contributed by atoms with Gasteiger partial charge in [0.2, 0.25) is 0 Å². The lowest BCUT2D eigenvalue weighted by atomic mass is 10.1. The third-order valence-electron chi connectivity index (χ3n) is 3.02. The number of nitriles is 1. The normalized spacial score (nSPS) is 10.2. The minimum absolute atomic E-state index is 0.580. The number of halogens is 1. The van der Waals surface area contributed by atoms with Crippen LogP contribution in [0.3, 0.4) is 0 Å². The summed E-state index contributed by atoms with van der Waals surface area (Å²) in [5.74, 6) is 0. The second kappa shape index (κ2) is 5.32. The van der Waals surface area contributed by atoms with E-state index in [4.69, 9.17) is 5.26 Å². The van der Waals surface area contributed by atoms with Crippen molar-refractivity contribution >= 4 is 38.1 Å². The summed E-state index contributed by atoms with van der Waals surface area (Å²) in [6.07, 6.45) is 3.27. The molecule has 0 atom stereocenters. The molecule has 0 aliphatic carbocycles. The molecule has 3 nitrogen and oxygen atoms in total. The number of hydrogen-bond acceptors (Lipinski definition) is 3. The van der Waals surface area contributed by atoms with Crippen molar-refractivity contribution in [1.82, 2.24) is 4.98 Å². The SMILES string of the molecule is N#Cc1ccncc1Nc1ccc2cc(Br)ccc2c1. The molecule has 2 aromatic carbocycles. The first-order valence-corrected chi connectivity index (χ1v) is 6.86. The van der Waals surface area contributed by atoms with E-state index in [-0.39, 0.29) is 0 Å². The van der Waals surface area contributed by atoms with Crippen molar-refractivity contribution in [3.8, 4) is 6.07 Å². The van der Waals surface area contributed by atoms with Crippen LogP contribution < -0.4 is 5.32 Å². The van der Waals surface area contributed by atoms with E-state index in [1.165, 1.54) is 0 Å². The lowest BCUT2D eigenvalue weighted by molar-refractivity contribution is 1.30. The molecular formula is C16H10BrN3. The molecule has 1 aromatic heterocycles. The summed E-state index contributed by atoms with van der Waals surface area (Å²) in [6.45, 7) is 0. The molecule has 4 heteroatoms. The van der Waals surface area contributed by atoms with Gasteiger partial charge >= 0.3 is 0 Å². The summed E-state index contributed by atoms with van der Waals surface area (Å²) in [7, 11) is 0. The molecule has 0 bridgehead atoms. The molecule has 96 valence electrons. The zero-order chi connectivity index (χ0) is 13.9. The Morgan fingerprint density at radius 1 is 1.05 bits per heavy atom. The van der Waals surface area contributed by atoms with Crippen molar-refractivity contribution in [2.75, 3.05) is 5.32 Å². The van der Waals surface area contributed by atoms with Gasteiger partial charge in [-0.05, 0) is 41.1 Å². The van der Waals surface area contributed by atoms with Gasteiger partial charge in [0, 0.05) is 16.4 Å². The van der Waals surface area contributed by atoms with Crippen LogP contribution in [-0.2, 0) is 0 Å². The van der Waals surface area contributed by atoms with Gasteiger partial charge in [0.25, 0.3) is 0 Å². The zero-order valence-electron chi connectivity index (χ0n) is 10.5. The summed E-state index contributed by atoms with van der Waals surface area (Å²) in [5, 5.41) is 14.6. The highest BCUT2D eigenvalue weighted by Crippen LogP contribution is 2.25. The Bertz CT molecular complexity index is 821. The Kier molecular flexibility index (Phi) is 3.36. The Morgan fingerprint density at radius 3 is 2.70 bits per heavy atom. The minimum Gasteiger partial charge on any atom is -0.353 e. The number of pyridine rings is 1. The Hall–Kier alpha value is -2.38. The van der Waals surface area contributed by atoms with E-state index in [2.05, 4.69) is 50.5 Å². The lowest BCUT2D eigenvalue weighted by Gasteiger charge is -2.08. The van der Waals surface area contributed by atoms with E-state index in [0.29, 0.717) is 11.3 Å².